The van der Waals surface area contributed by atoms with E-state index in [0.29, 0.717) is 6.42 Å². The summed E-state index contributed by atoms with van der Waals surface area (Å²) in [5.74, 6) is -0.900. The Hall–Kier alpha value is -1.89. The minimum absolute atomic E-state index is 0.183. The summed E-state index contributed by atoms with van der Waals surface area (Å²) >= 11 is 0. The average Bonchev–Trinajstić information content (AvgIpc) is 2.35. The number of carbonyl (C=O) groups is 1. The maximum atomic E-state index is 13.5. The topological polar surface area (TPSA) is 52.9 Å². The summed E-state index contributed by atoms with van der Waals surface area (Å²) < 4.78 is 13.5. The Bertz CT molecular complexity index is 439. The quantitative estimate of drug-likeness (QED) is 0.870. The van der Waals surface area contributed by atoms with Gasteiger partial charge in [-0.15, -0.1) is 0 Å². The van der Waals surface area contributed by atoms with Gasteiger partial charge in [0.05, 0.1) is 6.07 Å². The Labute approximate surface area is 100 Å². The summed E-state index contributed by atoms with van der Waals surface area (Å²) in [5.41, 5.74) is 0.201. The number of rotatable bonds is 4. The van der Waals surface area contributed by atoms with E-state index in [2.05, 4.69) is 5.32 Å². The van der Waals surface area contributed by atoms with Crippen molar-refractivity contribution in [1.29, 1.82) is 5.26 Å². The third-order valence-corrected chi connectivity index (χ3v) is 2.69. The van der Waals surface area contributed by atoms with Gasteiger partial charge >= 0.3 is 0 Å². The Morgan fingerprint density at radius 3 is 2.71 bits per heavy atom. The first-order valence-electron chi connectivity index (χ1n) is 5.54. The second kappa shape index (κ2) is 6.00. The van der Waals surface area contributed by atoms with E-state index in [0.717, 1.165) is 0 Å². The minimum Gasteiger partial charge on any atom is -0.336 e. The fourth-order valence-electron chi connectivity index (χ4n) is 1.36. The lowest BCUT2D eigenvalue weighted by Crippen LogP contribution is -2.32. The molecule has 0 radical (unpaired) electrons. The van der Waals surface area contributed by atoms with Gasteiger partial charge in [0.15, 0.2) is 0 Å². The number of halogens is 1. The van der Waals surface area contributed by atoms with Crippen molar-refractivity contribution in [3.63, 3.8) is 0 Å². The zero-order valence-corrected chi connectivity index (χ0v) is 9.90. The van der Waals surface area contributed by atoms with E-state index in [1.165, 1.54) is 12.1 Å². The lowest BCUT2D eigenvalue weighted by atomic mass is 10.0. The van der Waals surface area contributed by atoms with Crippen LogP contribution in [0.15, 0.2) is 24.3 Å². The van der Waals surface area contributed by atoms with Gasteiger partial charge in [-0.25, -0.2) is 4.39 Å². The second-order valence-electron chi connectivity index (χ2n) is 3.90. The molecule has 1 aromatic rings. The summed E-state index contributed by atoms with van der Waals surface area (Å²) in [6.45, 7) is 3.65. The molecule has 1 aromatic carbocycles. The maximum absolute atomic E-state index is 13.5. The molecular formula is C13H15FN2O. The number of amides is 1. The molecule has 4 heteroatoms. The van der Waals surface area contributed by atoms with Gasteiger partial charge in [0.1, 0.15) is 11.9 Å². The molecule has 2 atom stereocenters. The maximum Gasteiger partial charge on any atom is 0.224 e. The van der Waals surface area contributed by atoms with Crippen molar-refractivity contribution in [1.82, 2.24) is 5.32 Å². The van der Waals surface area contributed by atoms with E-state index in [1.807, 2.05) is 13.0 Å². The molecule has 0 aliphatic heterocycles. The molecule has 3 nitrogen and oxygen atoms in total. The molecule has 0 aliphatic carbocycles. The van der Waals surface area contributed by atoms with E-state index in [1.54, 1.807) is 19.1 Å². The van der Waals surface area contributed by atoms with Gasteiger partial charge < -0.3 is 5.32 Å². The molecule has 0 bridgehead atoms. The normalized spacial score (nSPS) is 13.5. The first-order valence-corrected chi connectivity index (χ1v) is 5.54. The van der Waals surface area contributed by atoms with Gasteiger partial charge in [-0.3, -0.25) is 4.79 Å². The fourth-order valence-corrected chi connectivity index (χ4v) is 1.36. The average molecular weight is 234 g/mol. The van der Waals surface area contributed by atoms with Gasteiger partial charge in [-0.1, -0.05) is 32.0 Å². The van der Waals surface area contributed by atoms with Gasteiger partial charge in [-0.2, -0.15) is 5.26 Å². The molecule has 0 aliphatic rings. The molecular weight excluding hydrogens is 219 g/mol. The van der Waals surface area contributed by atoms with Crippen LogP contribution in [0, 0.1) is 23.1 Å². The lowest BCUT2D eigenvalue weighted by Gasteiger charge is -2.15. The molecule has 1 amide bonds. The Morgan fingerprint density at radius 1 is 1.53 bits per heavy atom. The highest BCUT2D eigenvalue weighted by Crippen LogP contribution is 2.16. The molecule has 0 unspecified atom stereocenters. The van der Waals surface area contributed by atoms with Gasteiger partial charge in [0.2, 0.25) is 5.91 Å². The molecule has 90 valence electrons. The highest BCUT2D eigenvalue weighted by Gasteiger charge is 2.19. The molecule has 0 spiro atoms. The first kappa shape index (κ1) is 13.2. The third kappa shape index (κ3) is 3.28. The van der Waals surface area contributed by atoms with Crippen LogP contribution >= 0.6 is 0 Å². The number of nitrogens with one attached hydrogen (secondary N) is 1. The van der Waals surface area contributed by atoms with Crippen LogP contribution < -0.4 is 5.32 Å². The van der Waals surface area contributed by atoms with Crippen molar-refractivity contribution in [3.05, 3.63) is 35.6 Å². The first-order chi connectivity index (χ1) is 8.10. The van der Waals surface area contributed by atoms with E-state index in [9.17, 15) is 9.18 Å². The van der Waals surface area contributed by atoms with Crippen LogP contribution in [0.25, 0.3) is 0 Å². The fraction of sp³-hybridized carbons (Fsp3) is 0.385. The SMILES string of the molecule is CC[C@H](C)C(=O)N[C@H](C#N)c1ccccc1F. The summed E-state index contributed by atoms with van der Waals surface area (Å²) in [4.78, 5) is 11.6. The van der Waals surface area contributed by atoms with Crippen molar-refractivity contribution < 1.29 is 9.18 Å². The molecule has 17 heavy (non-hydrogen) atoms. The standard InChI is InChI=1S/C13H15FN2O/c1-3-9(2)13(17)16-12(8-15)10-6-4-5-7-11(10)14/h4-7,9,12H,3H2,1-2H3,(H,16,17)/t9-,12+/m0/s1. The van der Waals surface area contributed by atoms with Gasteiger partial charge in [0.25, 0.3) is 0 Å². The minimum atomic E-state index is -0.933. The Morgan fingerprint density at radius 2 is 2.18 bits per heavy atom. The Balaban J connectivity index is 2.84. The predicted molar refractivity (Wildman–Crippen MR) is 62.4 cm³/mol. The zero-order valence-electron chi connectivity index (χ0n) is 9.90. The Kier molecular flexibility index (Phi) is 4.65. The summed E-state index contributed by atoms with van der Waals surface area (Å²) in [7, 11) is 0. The van der Waals surface area contributed by atoms with Crippen LogP contribution in [-0.4, -0.2) is 5.91 Å². The van der Waals surface area contributed by atoms with Crippen molar-refractivity contribution in [3.8, 4) is 6.07 Å². The smallest absolute Gasteiger partial charge is 0.224 e. The van der Waals surface area contributed by atoms with E-state index < -0.39 is 11.9 Å². The van der Waals surface area contributed by atoms with Crippen LogP contribution in [-0.2, 0) is 4.79 Å². The van der Waals surface area contributed by atoms with Crippen molar-refractivity contribution in [2.24, 2.45) is 5.92 Å². The van der Waals surface area contributed by atoms with Gasteiger partial charge in [0, 0.05) is 11.5 Å². The second-order valence-corrected chi connectivity index (χ2v) is 3.90. The molecule has 1 N–H and O–H groups in total. The van der Waals surface area contributed by atoms with Crippen LogP contribution in [0.1, 0.15) is 31.9 Å². The number of hydrogen-bond donors (Lipinski definition) is 1. The van der Waals surface area contributed by atoms with Crippen molar-refractivity contribution in [2.45, 2.75) is 26.3 Å². The number of nitriles is 1. The molecule has 1 rings (SSSR count). The zero-order chi connectivity index (χ0) is 12.8. The van der Waals surface area contributed by atoms with Crippen LogP contribution in [0.5, 0.6) is 0 Å². The number of carbonyl (C=O) groups excluding carboxylic acids is 1. The number of benzene rings is 1. The number of nitrogens with zero attached hydrogens (tertiary/aromatic N) is 1. The lowest BCUT2D eigenvalue weighted by molar-refractivity contribution is -0.125. The molecule has 0 saturated heterocycles. The molecule has 0 saturated carbocycles. The third-order valence-electron chi connectivity index (χ3n) is 2.69. The van der Waals surface area contributed by atoms with E-state index >= 15 is 0 Å². The highest BCUT2D eigenvalue weighted by atomic mass is 19.1. The van der Waals surface area contributed by atoms with Crippen LogP contribution in [0.3, 0.4) is 0 Å². The summed E-state index contributed by atoms with van der Waals surface area (Å²) in [6, 6.07) is 6.92. The van der Waals surface area contributed by atoms with Crippen molar-refractivity contribution >= 4 is 5.91 Å². The monoisotopic (exact) mass is 234 g/mol. The van der Waals surface area contributed by atoms with E-state index in [4.69, 9.17) is 5.26 Å². The largest absolute Gasteiger partial charge is 0.336 e. The summed E-state index contributed by atoms with van der Waals surface area (Å²) in [5, 5.41) is 11.5. The van der Waals surface area contributed by atoms with Crippen LogP contribution in [0.2, 0.25) is 0 Å². The van der Waals surface area contributed by atoms with Crippen molar-refractivity contribution in [2.75, 3.05) is 0 Å². The predicted octanol–water partition coefficient (Wildman–Crippen LogP) is 2.55. The molecule has 0 heterocycles. The summed E-state index contributed by atoms with van der Waals surface area (Å²) in [6.07, 6.45) is 0.682. The van der Waals surface area contributed by atoms with E-state index in [-0.39, 0.29) is 17.4 Å². The molecule has 0 aromatic heterocycles. The number of hydrogen-bond acceptors (Lipinski definition) is 2. The van der Waals surface area contributed by atoms with Gasteiger partial charge in [-0.05, 0) is 12.5 Å². The van der Waals surface area contributed by atoms with Crippen LogP contribution in [0.4, 0.5) is 4.39 Å². The molecule has 0 fully saturated rings. The highest BCUT2D eigenvalue weighted by molar-refractivity contribution is 5.79.